The van der Waals surface area contributed by atoms with Crippen LogP contribution in [0.4, 0.5) is 0 Å². The summed E-state index contributed by atoms with van der Waals surface area (Å²) >= 11 is 0. The van der Waals surface area contributed by atoms with Crippen molar-refractivity contribution in [2.24, 2.45) is 17.7 Å². The Hall–Kier alpha value is -0.520. The molecule has 0 N–H and O–H groups in total. The highest BCUT2D eigenvalue weighted by Gasteiger charge is 2.22. The monoisotopic (exact) mass is 193 g/mol. The Morgan fingerprint density at radius 3 is 2.86 bits per heavy atom. The molecule has 0 radical (unpaired) electrons. The Kier molecular flexibility index (Phi) is 3.44. The van der Waals surface area contributed by atoms with E-state index in [0.717, 1.165) is 19.3 Å². The number of hydrogen-bond donors (Lipinski definition) is 0. The topological polar surface area (TPSA) is 0 Å². The summed E-state index contributed by atoms with van der Waals surface area (Å²) in [5.74, 6) is 0.774. The lowest BCUT2D eigenvalue weighted by Gasteiger charge is -2.30. The summed E-state index contributed by atoms with van der Waals surface area (Å²) in [6.07, 6.45) is 5.26. The van der Waals surface area contributed by atoms with Crippen molar-refractivity contribution in [3.63, 3.8) is 0 Å². The molecule has 0 aromatic heterocycles. The minimum atomic E-state index is -0.337. The van der Waals surface area contributed by atoms with Crippen LogP contribution in [0.15, 0.2) is 23.8 Å². The van der Waals surface area contributed by atoms with Crippen LogP contribution in [0.3, 0.4) is 0 Å². The molecule has 0 fully saturated rings. The van der Waals surface area contributed by atoms with Gasteiger partial charge in [-0.2, -0.15) is 0 Å². The van der Waals surface area contributed by atoms with Crippen LogP contribution in [0.2, 0.25) is 0 Å². The van der Waals surface area contributed by atoms with Gasteiger partial charge in [-0.25, -0.2) is 0 Å². The van der Waals surface area contributed by atoms with Crippen LogP contribution >= 0.6 is 0 Å². The lowest BCUT2D eigenvalue weighted by Crippen LogP contribution is -2.17. The Morgan fingerprint density at radius 1 is 1.71 bits per heavy atom. The lowest BCUT2D eigenvalue weighted by atomic mass is 9.76. The van der Waals surface area contributed by atoms with Crippen molar-refractivity contribution in [2.75, 3.05) is 0 Å². The van der Waals surface area contributed by atoms with Crippen molar-refractivity contribution in [3.8, 4) is 0 Å². The largest absolute Gasteiger partial charge is 0.0998 e. The number of allylic oxidation sites excluding steroid dienone is 3. The molecule has 0 aromatic rings. The fraction of sp³-hybridized carbons (Fsp3) is 0.714. The third kappa shape index (κ3) is 3.01. The molecule has 0 saturated carbocycles. The first kappa shape index (κ1) is 10.0. The molecule has 0 saturated heterocycles. The average Bonchev–Trinajstić information content (AvgIpc) is 2.08. The van der Waals surface area contributed by atoms with E-state index in [0.29, 0.717) is 11.8 Å². The minimum absolute atomic E-state index is 0.337. The maximum Gasteiger partial charge on any atom is 0.0349 e. The van der Waals surface area contributed by atoms with Crippen molar-refractivity contribution >= 4 is 0 Å². The van der Waals surface area contributed by atoms with Gasteiger partial charge in [-0.05, 0) is 50.8 Å². The summed E-state index contributed by atoms with van der Waals surface area (Å²) in [7, 11) is 0. The van der Waals surface area contributed by atoms with E-state index < -0.39 is 0 Å². The maximum atomic E-state index is 8.57. The van der Waals surface area contributed by atoms with E-state index in [4.69, 9.17) is 1.37 Å². The van der Waals surface area contributed by atoms with Gasteiger partial charge in [0.2, 0.25) is 0 Å². The fourth-order valence-electron chi connectivity index (χ4n) is 2.12. The third-order valence-corrected chi connectivity index (χ3v) is 3.11. The Labute approximate surface area is 90.5 Å². The van der Waals surface area contributed by atoms with Gasteiger partial charge >= 0.3 is 0 Å². The molecule has 14 heavy (non-hydrogen) atoms. The molecule has 0 unspecified atom stereocenters. The Bertz CT molecular complexity index is 275. The summed E-state index contributed by atoms with van der Waals surface area (Å²) in [6, 6.07) is 0. The quantitative estimate of drug-likeness (QED) is 0.575. The van der Waals surface area contributed by atoms with E-state index in [1.54, 1.807) is 0 Å². The van der Waals surface area contributed by atoms with E-state index in [1.807, 2.05) is 0 Å². The lowest BCUT2D eigenvalue weighted by molar-refractivity contribution is 0.364. The van der Waals surface area contributed by atoms with Crippen molar-refractivity contribution < 1.29 is 1.37 Å². The summed E-state index contributed by atoms with van der Waals surface area (Å²) in [5.41, 5.74) is 2.49. The van der Waals surface area contributed by atoms with Gasteiger partial charge < -0.3 is 0 Å². The molecule has 2 atom stereocenters. The van der Waals surface area contributed by atoms with Gasteiger partial charge in [0.05, 0.1) is 0 Å². The van der Waals surface area contributed by atoms with Gasteiger partial charge in [0, 0.05) is 1.37 Å². The first-order valence-electron chi connectivity index (χ1n) is 6.18. The van der Waals surface area contributed by atoms with E-state index in [1.165, 1.54) is 11.1 Å². The normalized spacial score (nSPS) is 33.9. The highest BCUT2D eigenvalue weighted by atomic mass is 14.3. The molecule has 1 rings (SSSR count). The SMILES string of the molecule is [2H][C@]1(CC(C)C)C[C@H](C(=C)C)CC=C1C. The van der Waals surface area contributed by atoms with E-state index >= 15 is 0 Å². The summed E-state index contributed by atoms with van der Waals surface area (Å²) in [5, 5.41) is 0. The smallest absolute Gasteiger partial charge is 0.0349 e. The highest BCUT2D eigenvalue weighted by molar-refractivity contribution is 5.13. The summed E-state index contributed by atoms with van der Waals surface area (Å²) in [4.78, 5) is 0. The molecule has 0 aliphatic heterocycles. The third-order valence-electron chi connectivity index (χ3n) is 3.11. The Balaban J connectivity index is 2.83. The van der Waals surface area contributed by atoms with Gasteiger partial charge in [0.15, 0.2) is 0 Å². The van der Waals surface area contributed by atoms with Crippen LogP contribution in [-0.4, -0.2) is 0 Å². The molecular weight excluding hydrogens is 168 g/mol. The molecule has 0 bridgehead atoms. The zero-order valence-corrected chi connectivity index (χ0v) is 10.1. The van der Waals surface area contributed by atoms with Gasteiger partial charge in [0.25, 0.3) is 0 Å². The van der Waals surface area contributed by atoms with Crippen LogP contribution < -0.4 is 0 Å². The molecular formula is C14H24. The highest BCUT2D eigenvalue weighted by Crippen LogP contribution is 2.35. The standard InChI is InChI=1S/C14H24/c1-10(2)8-14-9-13(11(3)4)7-6-12(14)5/h6,10,13-14H,3,7-9H2,1-2,4-5H3/t13-,14+/m1/s1/i14D. The van der Waals surface area contributed by atoms with Gasteiger partial charge in [-0.1, -0.05) is 37.6 Å². The molecule has 0 spiro atoms. The number of rotatable bonds is 3. The summed E-state index contributed by atoms with van der Waals surface area (Å²) < 4.78 is 8.57. The molecule has 0 aromatic carbocycles. The van der Waals surface area contributed by atoms with Crippen molar-refractivity contribution in [1.82, 2.24) is 0 Å². The second kappa shape index (κ2) is 4.82. The van der Waals surface area contributed by atoms with Gasteiger partial charge in [-0.15, -0.1) is 0 Å². The molecule has 0 heteroatoms. The average molecular weight is 193 g/mol. The fourth-order valence-corrected chi connectivity index (χ4v) is 2.12. The molecule has 0 heterocycles. The second-order valence-corrected chi connectivity index (χ2v) is 5.07. The minimum Gasteiger partial charge on any atom is -0.0998 e. The number of hydrogen-bond acceptors (Lipinski definition) is 0. The van der Waals surface area contributed by atoms with Crippen LogP contribution in [0.25, 0.3) is 0 Å². The second-order valence-electron chi connectivity index (χ2n) is 5.07. The van der Waals surface area contributed by atoms with E-state index in [-0.39, 0.29) is 5.89 Å². The zero-order chi connectivity index (χ0) is 11.6. The molecule has 0 nitrogen and oxygen atoms in total. The van der Waals surface area contributed by atoms with E-state index in [9.17, 15) is 0 Å². The molecule has 1 aliphatic rings. The van der Waals surface area contributed by atoms with Gasteiger partial charge in [-0.3, -0.25) is 0 Å². The van der Waals surface area contributed by atoms with Crippen molar-refractivity contribution in [1.29, 1.82) is 0 Å². The summed E-state index contributed by atoms with van der Waals surface area (Å²) in [6.45, 7) is 12.6. The predicted octanol–water partition coefficient (Wildman–Crippen LogP) is 4.58. The van der Waals surface area contributed by atoms with Crippen molar-refractivity contribution in [2.45, 2.75) is 47.0 Å². The van der Waals surface area contributed by atoms with Gasteiger partial charge in [0.1, 0.15) is 0 Å². The van der Waals surface area contributed by atoms with Crippen LogP contribution in [0, 0.1) is 17.7 Å². The molecule has 80 valence electrons. The van der Waals surface area contributed by atoms with Crippen LogP contribution in [0.5, 0.6) is 0 Å². The molecule has 1 aliphatic carbocycles. The zero-order valence-electron chi connectivity index (χ0n) is 11.1. The van der Waals surface area contributed by atoms with Crippen LogP contribution in [-0.2, 0) is 0 Å². The maximum absolute atomic E-state index is 8.57. The van der Waals surface area contributed by atoms with E-state index in [2.05, 4.69) is 40.3 Å². The first-order chi connectivity index (χ1) is 6.85. The van der Waals surface area contributed by atoms with Crippen LogP contribution in [0.1, 0.15) is 48.3 Å². The van der Waals surface area contributed by atoms with Crippen molar-refractivity contribution in [3.05, 3.63) is 23.8 Å². The first-order valence-corrected chi connectivity index (χ1v) is 5.68. The molecule has 0 amide bonds. The predicted molar refractivity (Wildman–Crippen MR) is 64.2 cm³/mol. The Morgan fingerprint density at radius 2 is 2.36 bits per heavy atom.